The van der Waals surface area contributed by atoms with Gasteiger partial charge < -0.3 is 10.7 Å². The van der Waals surface area contributed by atoms with E-state index in [1.807, 2.05) is 0 Å². The Bertz CT molecular complexity index is 746. The van der Waals surface area contributed by atoms with Gasteiger partial charge in [-0.25, -0.2) is 13.8 Å². The van der Waals surface area contributed by atoms with E-state index in [1.54, 1.807) is 6.20 Å². The van der Waals surface area contributed by atoms with Gasteiger partial charge in [-0.05, 0) is 11.6 Å². The van der Waals surface area contributed by atoms with E-state index in [0.29, 0.717) is 11.0 Å². The van der Waals surface area contributed by atoms with Crippen molar-refractivity contribution in [3.8, 4) is 0 Å². The minimum Gasteiger partial charge on any atom is -0.399 e. The maximum Gasteiger partial charge on any atom is 0.160 e. The third-order valence-electron chi connectivity index (χ3n) is 3.87. The molecule has 0 saturated heterocycles. The molecule has 1 aliphatic heterocycles. The van der Waals surface area contributed by atoms with Crippen molar-refractivity contribution < 1.29 is 8.78 Å². The van der Waals surface area contributed by atoms with Gasteiger partial charge in [0.25, 0.3) is 0 Å². The number of aromatic amines is 1. The molecular weight excluding hydrogens is 250 g/mol. The van der Waals surface area contributed by atoms with Crippen LogP contribution in [0.5, 0.6) is 0 Å². The van der Waals surface area contributed by atoms with Crippen molar-refractivity contribution in [2.45, 2.75) is 12.0 Å². The van der Waals surface area contributed by atoms with Gasteiger partial charge in [0.1, 0.15) is 11.5 Å². The van der Waals surface area contributed by atoms with Crippen LogP contribution in [0.2, 0.25) is 0 Å². The van der Waals surface area contributed by atoms with Crippen molar-refractivity contribution in [3.63, 3.8) is 0 Å². The van der Waals surface area contributed by atoms with Gasteiger partial charge in [-0.15, -0.1) is 0 Å². The molecule has 1 saturated carbocycles. The van der Waals surface area contributed by atoms with Crippen LogP contribution in [0.4, 0.5) is 8.78 Å². The Morgan fingerprint density at radius 3 is 2.95 bits per heavy atom. The van der Waals surface area contributed by atoms with Gasteiger partial charge in [0.2, 0.25) is 0 Å². The number of fused-ring (bicyclic) bond motifs is 2. The van der Waals surface area contributed by atoms with E-state index in [2.05, 4.69) is 15.0 Å². The number of pyridine rings is 1. The molecule has 4 rings (SSSR count). The first-order valence-corrected chi connectivity index (χ1v) is 5.97. The van der Waals surface area contributed by atoms with Crippen LogP contribution in [0.25, 0.3) is 11.0 Å². The van der Waals surface area contributed by atoms with Crippen molar-refractivity contribution in [1.82, 2.24) is 9.97 Å². The lowest BCUT2D eigenvalue weighted by molar-refractivity contribution is 0.624. The number of aliphatic imine (C=N–C) groups is 1. The molecule has 6 heteroatoms. The molecule has 3 atom stereocenters. The number of H-pyrrole nitrogens is 1. The average molecular weight is 260 g/mol. The Labute approximate surface area is 107 Å². The number of dihydropyridines is 1. The maximum atomic E-state index is 13.4. The minimum atomic E-state index is -0.465. The number of nitrogens with two attached hydrogens (primary N) is 1. The maximum absolute atomic E-state index is 13.4. The first kappa shape index (κ1) is 10.7. The quantitative estimate of drug-likeness (QED) is 0.823. The van der Waals surface area contributed by atoms with Crippen molar-refractivity contribution in [1.29, 1.82) is 0 Å². The predicted molar refractivity (Wildman–Crippen MR) is 66.9 cm³/mol. The molecule has 19 heavy (non-hydrogen) atoms. The van der Waals surface area contributed by atoms with E-state index < -0.39 is 11.6 Å². The molecule has 2 aliphatic rings. The summed E-state index contributed by atoms with van der Waals surface area (Å²) in [5, 5.41) is 0.711. The summed E-state index contributed by atoms with van der Waals surface area (Å²) in [7, 11) is 0. The zero-order chi connectivity index (χ0) is 13.1. The van der Waals surface area contributed by atoms with E-state index in [4.69, 9.17) is 5.73 Å². The summed E-state index contributed by atoms with van der Waals surface area (Å²) in [6.45, 7) is 0. The van der Waals surface area contributed by atoms with Crippen LogP contribution >= 0.6 is 0 Å². The lowest BCUT2D eigenvalue weighted by Crippen LogP contribution is -2.09. The fraction of sp³-hybridized carbons (Fsp3) is 0.231. The minimum absolute atomic E-state index is 0.00171. The third kappa shape index (κ3) is 1.36. The molecule has 4 nitrogen and oxygen atoms in total. The Kier molecular flexibility index (Phi) is 1.91. The van der Waals surface area contributed by atoms with Crippen molar-refractivity contribution in [2.24, 2.45) is 16.6 Å². The van der Waals surface area contributed by atoms with Crippen molar-refractivity contribution in [2.75, 3.05) is 0 Å². The number of rotatable bonds is 1. The average Bonchev–Trinajstić information content (AvgIpc) is 2.98. The Morgan fingerprint density at radius 1 is 1.26 bits per heavy atom. The van der Waals surface area contributed by atoms with Gasteiger partial charge in [-0.1, -0.05) is 0 Å². The van der Waals surface area contributed by atoms with Crippen LogP contribution in [0.3, 0.4) is 0 Å². The Morgan fingerprint density at radius 2 is 2.11 bits per heavy atom. The predicted octanol–water partition coefficient (Wildman–Crippen LogP) is 2.01. The number of hydrogen-bond acceptors (Lipinski definition) is 3. The third-order valence-corrected chi connectivity index (χ3v) is 3.87. The van der Waals surface area contributed by atoms with Crippen LogP contribution in [0, 0.1) is 11.7 Å². The monoisotopic (exact) mass is 260 g/mol. The molecule has 0 spiro atoms. The molecule has 1 aliphatic carbocycles. The topological polar surface area (TPSA) is 67.1 Å². The number of aromatic nitrogens is 2. The van der Waals surface area contributed by atoms with Crippen LogP contribution in [-0.4, -0.2) is 22.2 Å². The van der Waals surface area contributed by atoms with Gasteiger partial charge >= 0.3 is 0 Å². The van der Waals surface area contributed by atoms with E-state index in [-0.39, 0.29) is 23.6 Å². The van der Waals surface area contributed by atoms with Gasteiger partial charge in [0, 0.05) is 23.4 Å². The molecule has 0 aromatic carbocycles. The fourth-order valence-corrected chi connectivity index (χ4v) is 2.89. The number of nitrogens with one attached hydrogen (secondary N) is 1. The summed E-state index contributed by atoms with van der Waals surface area (Å²) in [4.78, 5) is 11.1. The van der Waals surface area contributed by atoms with Crippen molar-refractivity contribution >= 4 is 17.2 Å². The second-order valence-corrected chi connectivity index (χ2v) is 4.92. The second kappa shape index (κ2) is 3.40. The first-order chi connectivity index (χ1) is 9.16. The Balaban J connectivity index is 1.82. The van der Waals surface area contributed by atoms with Crippen LogP contribution in [-0.2, 0) is 0 Å². The summed E-state index contributed by atoms with van der Waals surface area (Å²) in [5.41, 5.74) is 7.50. The standard InChI is InChI=1S/C13H10F2N4/c14-5-1-6-7(3-19-13(6)18-2-5)9-10-11(16)8(15)4-17-12(9)10/h1-4,9-10,12H,16H2,(H,18,19). The number of nitrogens with zero attached hydrogens (tertiary/aromatic N) is 2. The van der Waals surface area contributed by atoms with E-state index in [0.717, 1.165) is 11.8 Å². The van der Waals surface area contributed by atoms with E-state index in [1.165, 1.54) is 12.3 Å². The summed E-state index contributed by atoms with van der Waals surface area (Å²) < 4.78 is 26.7. The molecule has 96 valence electrons. The molecular formula is C13H10F2N4. The molecule has 2 aromatic rings. The van der Waals surface area contributed by atoms with Gasteiger partial charge in [-0.3, -0.25) is 4.99 Å². The lowest BCUT2D eigenvalue weighted by atomic mass is 10.1. The van der Waals surface area contributed by atoms with Crippen LogP contribution < -0.4 is 5.73 Å². The van der Waals surface area contributed by atoms with Gasteiger partial charge in [-0.2, -0.15) is 0 Å². The molecule has 3 N–H and O–H groups in total. The molecule has 2 aromatic heterocycles. The smallest absolute Gasteiger partial charge is 0.160 e. The zero-order valence-corrected chi connectivity index (χ0v) is 9.77. The highest BCUT2D eigenvalue weighted by Gasteiger charge is 2.55. The van der Waals surface area contributed by atoms with Crippen LogP contribution in [0.1, 0.15) is 11.5 Å². The normalized spacial score (nSPS) is 28.8. The molecule has 0 radical (unpaired) electrons. The molecule has 0 amide bonds. The molecule has 0 bridgehead atoms. The molecule has 1 fully saturated rings. The number of hydrogen-bond donors (Lipinski definition) is 2. The summed E-state index contributed by atoms with van der Waals surface area (Å²) in [6.07, 6.45) is 4.11. The molecule has 3 heterocycles. The summed E-state index contributed by atoms with van der Waals surface area (Å²) in [6, 6.07) is 1.39. The van der Waals surface area contributed by atoms with Crippen LogP contribution in [0.15, 0.2) is 35.0 Å². The SMILES string of the molecule is NC1=C(F)C=NC2C1C2c1c[nH]c2ncc(F)cc12. The lowest BCUT2D eigenvalue weighted by Gasteiger charge is -2.02. The largest absolute Gasteiger partial charge is 0.399 e. The highest BCUT2D eigenvalue weighted by Crippen LogP contribution is 2.56. The highest BCUT2D eigenvalue weighted by molar-refractivity contribution is 5.83. The zero-order valence-electron chi connectivity index (χ0n) is 9.77. The summed E-state index contributed by atoms with van der Waals surface area (Å²) >= 11 is 0. The Hall–Kier alpha value is -2.24. The summed E-state index contributed by atoms with van der Waals surface area (Å²) in [5.74, 6) is -0.975. The van der Waals surface area contributed by atoms with Gasteiger partial charge in [0.15, 0.2) is 5.83 Å². The molecule has 3 unspecified atom stereocenters. The second-order valence-electron chi connectivity index (χ2n) is 4.92. The van der Waals surface area contributed by atoms with Gasteiger partial charge in [0.05, 0.1) is 24.2 Å². The van der Waals surface area contributed by atoms with E-state index in [9.17, 15) is 8.78 Å². The van der Waals surface area contributed by atoms with E-state index >= 15 is 0 Å². The number of allylic oxidation sites excluding steroid dienone is 1. The van der Waals surface area contributed by atoms with Crippen molar-refractivity contribution in [3.05, 3.63) is 41.4 Å². The number of halogens is 2. The highest BCUT2D eigenvalue weighted by atomic mass is 19.1. The first-order valence-electron chi connectivity index (χ1n) is 5.97. The fourth-order valence-electron chi connectivity index (χ4n) is 2.89.